The van der Waals surface area contributed by atoms with Gasteiger partial charge in [0.1, 0.15) is 0 Å². The Hall–Kier alpha value is -0.610. The summed E-state index contributed by atoms with van der Waals surface area (Å²) in [5.41, 5.74) is 0. The number of rotatable bonds is 3. The van der Waals surface area contributed by atoms with Gasteiger partial charge in [-0.1, -0.05) is 0 Å². The fourth-order valence-corrected chi connectivity index (χ4v) is 4.07. The van der Waals surface area contributed by atoms with Gasteiger partial charge < -0.3 is 15.1 Å². The minimum absolute atomic E-state index is 0.381. The zero-order valence-corrected chi connectivity index (χ0v) is 12.6. The summed E-state index contributed by atoms with van der Waals surface area (Å²) < 4.78 is 0. The molecule has 0 spiro atoms. The molecule has 1 amide bonds. The van der Waals surface area contributed by atoms with Gasteiger partial charge >= 0.3 is 0 Å². The van der Waals surface area contributed by atoms with Crippen molar-refractivity contribution in [2.45, 2.75) is 63.5 Å². The van der Waals surface area contributed by atoms with E-state index in [1.807, 2.05) is 0 Å². The Morgan fingerprint density at radius 3 is 2.55 bits per heavy atom. The van der Waals surface area contributed by atoms with Crippen molar-refractivity contribution in [2.75, 3.05) is 32.7 Å². The average molecular weight is 279 g/mol. The normalized spacial score (nSPS) is 32.5. The second kappa shape index (κ2) is 6.90. The van der Waals surface area contributed by atoms with Crippen molar-refractivity contribution in [3.8, 4) is 0 Å². The van der Waals surface area contributed by atoms with E-state index in [0.29, 0.717) is 18.4 Å². The lowest BCUT2D eigenvalue weighted by molar-refractivity contribution is -0.131. The van der Waals surface area contributed by atoms with Crippen LogP contribution in [0, 0.1) is 0 Å². The predicted molar refractivity (Wildman–Crippen MR) is 80.7 cm³/mol. The van der Waals surface area contributed by atoms with Crippen LogP contribution in [0.3, 0.4) is 0 Å². The number of nitrogens with zero attached hydrogens (tertiary/aromatic N) is 2. The highest BCUT2D eigenvalue weighted by Gasteiger charge is 2.27. The Bertz CT molecular complexity index is 322. The third-order valence-electron chi connectivity index (χ3n) is 5.29. The molecule has 114 valence electrons. The average Bonchev–Trinajstić information content (AvgIpc) is 3.09. The van der Waals surface area contributed by atoms with Crippen LogP contribution in [0.5, 0.6) is 0 Å². The molecule has 2 atom stereocenters. The van der Waals surface area contributed by atoms with Crippen LogP contribution < -0.4 is 5.32 Å². The number of hydrogen-bond donors (Lipinski definition) is 1. The highest BCUT2D eigenvalue weighted by atomic mass is 16.2. The van der Waals surface area contributed by atoms with Crippen LogP contribution in [0.1, 0.15) is 51.4 Å². The molecule has 0 saturated carbocycles. The summed E-state index contributed by atoms with van der Waals surface area (Å²) in [6, 6.07) is 1.18. The predicted octanol–water partition coefficient (Wildman–Crippen LogP) is 1.61. The number of carbonyl (C=O) groups excluding carboxylic acids is 1. The fourth-order valence-electron chi connectivity index (χ4n) is 4.07. The zero-order chi connectivity index (χ0) is 13.8. The van der Waals surface area contributed by atoms with Crippen molar-refractivity contribution < 1.29 is 4.79 Å². The fraction of sp³-hybridized carbons (Fsp3) is 0.938. The van der Waals surface area contributed by atoms with Crippen molar-refractivity contribution in [3.05, 3.63) is 0 Å². The van der Waals surface area contributed by atoms with E-state index in [-0.39, 0.29) is 0 Å². The van der Waals surface area contributed by atoms with Crippen LogP contribution in [0.2, 0.25) is 0 Å². The molecular weight excluding hydrogens is 250 g/mol. The third kappa shape index (κ3) is 3.53. The van der Waals surface area contributed by atoms with E-state index in [9.17, 15) is 4.79 Å². The van der Waals surface area contributed by atoms with E-state index in [4.69, 9.17) is 0 Å². The lowest BCUT2D eigenvalue weighted by Crippen LogP contribution is -2.38. The second-order valence-electron chi connectivity index (χ2n) is 6.71. The molecule has 0 aromatic carbocycles. The van der Waals surface area contributed by atoms with Crippen molar-refractivity contribution in [1.82, 2.24) is 15.1 Å². The number of hydrogen-bond acceptors (Lipinski definition) is 3. The number of carbonyl (C=O) groups is 1. The molecule has 3 saturated heterocycles. The van der Waals surface area contributed by atoms with Crippen molar-refractivity contribution in [3.63, 3.8) is 0 Å². The molecule has 3 rings (SSSR count). The lowest BCUT2D eigenvalue weighted by atomic mass is 10.1. The molecule has 0 aromatic heterocycles. The van der Waals surface area contributed by atoms with Gasteiger partial charge in [-0.05, 0) is 64.6 Å². The van der Waals surface area contributed by atoms with Gasteiger partial charge in [0.15, 0.2) is 0 Å². The van der Waals surface area contributed by atoms with Crippen LogP contribution in [0.25, 0.3) is 0 Å². The molecular formula is C16H29N3O. The van der Waals surface area contributed by atoms with E-state index >= 15 is 0 Å². The molecule has 3 fully saturated rings. The van der Waals surface area contributed by atoms with E-state index < -0.39 is 0 Å². The first-order chi connectivity index (χ1) is 9.83. The van der Waals surface area contributed by atoms with Gasteiger partial charge in [-0.3, -0.25) is 4.79 Å². The SMILES string of the molecule is O=C(CC1CCCN1)N1CCCC(N2CCCC2)CC1. The van der Waals surface area contributed by atoms with Crippen LogP contribution in [0.15, 0.2) is 0 Å². The van der Waals surface area contributed by atoms with Crippen molar-refractivity contribution >= 4 is 5.91 Å². The highest BCUT2D eigenvalue weighted by molar-refractivity contribution is 5.76. The minimum Gasteiger partial charge on any atom is -0.343 e. The molecule has 3 heterocycles. The maximum atomic E-state index is 12.4. The number of nitrogens with one attached hydrogen (secondary N) is 1. The molecule has 0 aromatic rings. The van der Waals surface area contributed by atoms with E-state index in [2.05, 4.69) is 15.1 Å². The Morgan fingerprint density at radius 2 is 1.80 bits per heavy atom. The lowest BCUT2D eigenvalue weighted by Gasteiger charge is -2.26. The zero-order valence-electron chi connectivity index (χ0n) is 12.6. The topological polar surface area (TPSA) is 35.6 Å². The molecule has 3 aliphatic rings. The van der Waals surface area contributed by atoms with Gasteiger partial charge in [0.05, 0.1) is 0 Å². The number of amides is 1. The van der Waals surface area contributed by atoms with Crippen LogP contribution in [-0.2, 0) is 4.79 Å². The quantitative estimate of drug-likeness (QED) is 0.852. The molecule has 2 unspecified atom stereocenters. The first-order valence-corrected chi connectivity index (χ1v) is 8.58. The number of likely N-dealkylation sites (tertiary alicyclic amines) is 2. The van der Waals surface area contributed by atoms with Gasteiger partial charge in [-0.15, -0.1) is 0 Å². The van der Waals surface area contributed by atoms with Gasteiger partial charge in [0, 0.05) is 31.6 Å². The summed E-state index contributed by atoms with van der Waals surface area (Å²) in [6.07, 6.45) is 9.51. The van der Waals surface area contributed by atoms with Crippen LogP contribution in [0.4, 0.5) is 0 Å². The van der Waals surface area contributed by atoms with Crippen molar-refractivity contribution in [1.29, 1.82) is 0 Å². The first kappa shape index (κ1) is 14.3. The van der Waals surface area contributed by atoms with Gasteiger partial charge in [0.25, 0.3) is 0 Å². The van der Waals surface area contributed by atoms with E-state index in [0.717, 1.165) is 25.7 Å². The van der Waals surface area contributed by atoms with Gasteiger partial charge in [0.2, 0.25) is 5.91 Å². The standard InChI is InChI=1S/C16H29N3O/c20-16(13-14-5-3-8-17-14)19-11-4-6-15(7-12-19)18-9-1-2-10-18/h14-15,17H,1-13H2. The molecule has 4 nitrogen and oxygen atoms in total. The molecule has 4 heteroatoms. The molecule has 3 aliphatic heterocycles. The summed E-state index contributed by atoms with van der Waals surface area (Å²) >= 11 is 0. The van der Waals surface area contributed by atoms with Crippen molar-refractivity contribution in [2.24, 2.45) is 0 Å². The Morgan fingerprint density at radius 1 is 0.950 bits per heavy atom. The maximum Gasteiger partial charge on any atom is 0.224 e. The van der Waals surface area contributed by atoms with E-state index in [1.165, 1.54) is 58.0 Å². The molecule has 0 bridgehead atoms. The summed E-state index contributed by atoms with van der Waals surface area (Å²) in [7, 11) is 0. The minimum atomic E-state index is 0.381. The Labute approximate surface area is 122 Å². The molecule has 0 aliphatic carbocycles. The third-order valence-corrected chi connectivity index (χ3v) is 5.29. The van der Waals surface area contributed by atoms with Crippen LogP contribution >= 0.6 is 0 Å². The highest BCUT2D eigenvalue weighted by Crippen LogP contribution is 2.22. The Kier molecular flexibility index (Phi) is 4.94. The van der Waals surface area contributed by atoms with Gasteiger partial charge in [-0.25, -0.2) is 0 Å². The van der Waals surface area contributed by atoms with E-state index in [1.54, 1.807) is 0 Å². The summed E-state index contributed by atoms with van der Waals surface area (Å²) in [5, 5.41) is 3.44. The molecule has 1 N–H and O–H groups in total. The second-order valence-corrected chi connectivity index (χ2v) is 6.71. The molecule has 20 heavy (non-hydrogen) atoms. The Balaban J connectivity index is 1.47. The largest absolute Gasteiger partial charge is 0.343 e. The monoisotopic (exact) mass is 279 g/mol. The summed E-state index contributed by atoms with van der Waals surface area (Å²) in [4.78, 5) is 17.2. The molecule has 0 radical (unpaired) electrons. The first-order valence-electron chi connectivity index (χ1n) is 8.58. The summed E-state index contributed by atoms with van der Waals surface area (Å²) in [6.45, 7) is 5.62. The van der Waals surface area contributed by atoms with Crippen LogP contribution in [-0.4, -0.2) is 60.5 Å². The smallest absolute Gasteiger partial charge is 0.224 e. The van der Waals surface area contributed by atoms with Gasteiger partial charge in [-0.2, -0.15) is 0 Å². The summed E-state index contributed by atoms with van der Waals surface area (Å²) in [5.74, 6) is 0.381. The maximum absolute atomic E-state index is 12.4.